The van der Waals surface area contributed by atoms with Crippen molar-refractivity contribution in [1.29, 1.82) is 0 Å². The second kappa shape index (κ2) is 8.17. The van der Waals surface area contributed by atoms with Gasteiger partial charge in [-0.3, -0.25) is 10.2 Å². The van der Waals surface area contributed by atoms with Crippen LogP contribution in [0.2, 0.25) is 0 Å². The van der Waals surface area contributed by atoms with Crippen molar-refractivity contribution < 1.29 is 19.1 Å². The SMILES string of the molecule is CCOc1ccc(N2C[C@@H](NC(=O)NN3CCOCC3)CC2=O)cc1. The smallest absolute Gasteiger partial charge is 0.329 e. The number of nitrogens with zero attached hydrogens (tertiary/aromatic N) is 2. The third-order valence-electron chi connectivity index (χ3n) is 4.19. The van der Waals surface area contributed by atoms with Crippen molar-refractivity contribution in [2.45, 2.75) is 19.4 Å². The number of benzene rings is 1. The zero-order valence-corrected chi connectivity index (χ0v) is 14.4. The van der Waals surface area contributed by atoms with Crippen molar-refractivity contribution in [2.24, 2.45) is 0 Å². The van der Waals surface area contributed by atoms with E-state index in [0.29, 0.717) is 45.9 Å². The molecule has 8 heteroatoms. The van der Waals surface area contributed by atoms with Gasteiger partial charge in [0.1, 0.15) is 5.75 Å². The summed E-state index contributed by atoms with van der Waals surface area (Å²) in [6, 6.07) is 6.92. The number of hydrazine groups is 1. The van der Waals surface area contributed by atoms with Crippen LogP contribution in [0.25, 0.3) is 0 Å². The zero-order chi connectivity index (χ0) is 17.6. The second-order valence-electron chi connectivity index (χ2n) is 6.02. The quantitative estimate of drug-likeness (QED) is 0.820. The Morgan fingerprint density at radius 2 is 2.00 bits per heavy atom. The van der Waals surface area contributed by atoms with Crippen molar-refractivity contribution >= 4 is 17.6 Å². The van der Waals surface area contributed by atoms with Crippen molar-refractivity contribution in [3.63, 3.8) is 0 Å². The molecule has 0 aromatic heterocycles. The lowest BCUT2D eigenvalue weighted by atomic mass is 10.2. The number of rotatable bonds is 5. The van der Waals surface area contributed by atoms with Gasteiger partial charge in [-0.15, -0.1) is 0 Å². The molecule has 2 aliphatic heterocycles. The lowest BCUT2D eigenvalue weighted by molar-refractivity contribution is -0.117. The second-order valence-corrected chi connectivity index (χ2v) is 6.02. The van der Waals surface area contributed by atoms with Gasteiger partial charge in [-0.25, -0.2) is 9.80 Å². The molecule has 3 rings (SSSR count). The average Bonchev–Trinajstić information content (AvgIpc) is 2.97. The third-order valence-corrected chi connectivity index (χ3v) is 4.19. The number of anilines is 1. The highest BCUT2D eigenvalue weighted by molar-refractivity contribution is 5.96. The van der Waals surface area contributed by atoms with E-state index in [9.17, 15) is 9.59 Å². The van der Waals surface area contributed by atoms with Gasteiger partial charge in [-0.1, -0.05) is 0 Å². The Kier molecular flexibility index (Phi) is 5.72. The van der Waals surface area contributed by atoms with Gasteiger partial charge in [-0.2, -0.15) is 0 Å². The Labute approximate surface area is 147 Å². The van der Waals surface area contributed by atoms with E-state index in [1.165, 1.54) is 0 Å². The first-order valence-corrected chi connectivity index (χ1v) is 8.59. The zero-order valence-electron chi connectivity index (χ0n) is 14.4. The number of urea groups is 1. The van der Waals surface area contributed by atoms with Crippen LogP contribution >= 0.6 is 0 Å². The summed E-state index contributed by atoms with van der Waals surface area (Å²) >= 11 is 0. The monoisotopic (exact) mass is 348 g/mol. The number of hydrogen-bond acceptors (Lipinski definition) is 5. The van der Waals surface area contributed by atoms with Crippen LogP contribution in [0.4, 0.5) is 10.5 Å². The van der Waals surface area contributed by atoms with E-state index >= 15 is 0 Å². The van der Waals surface area contributed by atoms with Crippen LogP contribution in [0.3, 0.4) is 0 Å². The predicted octanol–water partition coefficient (Wildman–Crippen LogP) is 0.737. The predicted molar refractivity (Wildman–Crippen MR) is 92.4 cm³/mol. The molecule has 0 unspecified atom stereocenters. The van der Waals surface area contributed by atoms with Gasteiger partial charge in [-0.05, 0) is 31.2 Å². The van der Waals surface area contributed by atoms with E-state index in [4.69, 9.17) is 9.47 Å². The summed E-state index contributed by atoms with van der Waals surface area (Å²) in [4.78, 5) is 26.0. The fourth-order valence-electron chi connectivity index (χ4n) is 2.98. The van der Waals surface area contributed by atoms with E-state index in [-0.39, 0.29) is 18.0 Å². The molecule has 2 saturated heterocycles. The number of nitrogens with one attached hydrogen (secondary N) is 2. The number of amides is 3. The molecule has 0 spiro atoms. The molecule has 8 nitrogen and oxygen atoms in total. The Morgan fingerprint density at radius 1 is 1.28 bits per heavy atom. The molecule has 2 aliphatic rings. The summed E-state index contributed by atoms with van der Waals surface area (Å²) in [6.07, 6.45) is 0.295. The van der Waals surface area contributed by atoms with E-state index in [1.807, 2.05) is 36.2 Å². The summed E-state index contributed by atoms with van der Waals surface area (Å²) in [5.41, 5.74) is 3.61. The van der Waals surface area contributed by atoms with Gasteiger partial charge < -0.3 is 19.7 Å². The van der Waals surface area contributed by atoms with E-state index < -0.39 is 0 Å². The highest BCUT2D eigenvalue weighted by Gasteiger charge is 2.31. The van der Waals surface area contributed by atoms with Gasteiger partial charge in [0.15, 0.2) is 0 Å². The van der Waals surface area contributed by atoms with E-state index in [2.05, 4.69) is 10.7 Å². The van der Waals surface area contributed by atoms with Gasteiger partial charge in [0.05, 0.1) is 25.9 Å². The van der Waals surface area contributed by atoms with E-state index in [0.717, 1.165) is 11.4 Å². The Morgan fingerprint density at radius 3 is 2.68 bits per heavy atom. The van der Waals surface area contributed by atoms with Crippen LogP contribution in [0.15, 0.2) is 24.3 Å². The molecular formula is C17H24N4O4. The lowest BCUT2D eigenvalue weighted by Crippen LogP contribution is -2.53. The molecule has 2 heterocycles. The molecule has 3 amide bonds. The number of carbonyl (C=O) groups is 2. The molecule has 0 aliphatic carbocycles. The molecule has 0 saturated carbocycles. The van der Waals surface area contributed by atoms with Gasteiger partial charge >= 0.3 is 6.03 Å². The summed E-state index contributed by atoms with van der Waals surface area (Å²) in [6.45, 7) is 5.53. The Bertz CT molecular complexity index is 601. The normalized spacial score (nSPS) is 21.2. The minimum atomic E-state index is -0.284. The largest absolute Gasteiger partial charge is 0.494 e. The maximum absolute atomic E-state index is 12.3. The fourth-order valence-corrected chi connectivity index (χ4v) is 2.98. The number of carbonyl (C=O) groups excluding carboxylic acids is 2. The Balaban J connectivity index is 1.52. The maximum Gasteiger partial charge on any atom is 0.329 e. The van der Waals surface area contributed by atoms with Crippen LogP contribution in [0.1, 0.15) is 13.3 Å². The van der Waals surface area contributed by atoms with E-state index in [1.54, 1.807) is 4.90 Å². The highest BCUT2D eigenvalue weighted by Crippen LogP contribution is 2.24. The highest BCUT2D eigenvalue weighted by atomic mass is 16.5. The molecule has 1 aromatic carbocycles. The van der Waals surface area contributed by atoms with Crippen LogP contribution in [-0.2, 0) is 9.53 Å². The number of hydrogen-bond donors (Lipinski definition) is 2. The lowest BCUT2D eigenvalue weighted by Gasteiger charge is -2.27. The van der Waals surface area contributed by atoms with Crippen molar-refractivity contribution in [3.05, 3.63) is 24.3 Å². The number of morpholine rings is 1. The fraction of sp³-hybridized carbons (Fsp3) is 0.529. The Hall–Kier alpha value is -2.32. The molecule has 2 fully saturated rings. The standard InChI is InChI=1S/C17H24N4O4/c1-2-25-15-5-3-14(4-6-15)21-12-13(11-16(21)22)18-17(23)19-20-7-9-24-10-8-20/h3-6,13H,2,7-12H2,1H3,(H2,18,19,23)/t13-/m0/s1. The average molecular weight is 348 g/mol. The van der Waals surface area contributed by atoms with Gasteiger partial charge in [0.25, 0.3) is 0 Å². The summed E-state index contributed by atoms with van der Waals surface area (Å²) in [7, 11) is 0. The molecule has 2 N–H and O–H groups in total. The summed E-state index contributed by atoms with van der Waals surface area (Å²) in [5, 5.41) is 4.69. The molecule has 1 aromatic rings. The van der Waals surface area contributed by atoms with Crippen molar-refractivity contribution in [1.82, 2.24) is 15.8 Å². The summed E-state index contributed by atoms with van der Waals surface area (Å²) in [5.74, 6) is 0.776. The van der Waals surface area contributed by atoms with Crippen LogP contribution in [0.5, 0.6) is 5.75 Å². The first-order valence-electron chi connectivity index (χ1n) is 8.59. The third kappa shape index (κ3) is 4.61. The minimum absolute atomic E-state index is 0.000771. The molecule has 25 heavy (non-hydrogen) atoms. The topological polar surface area (TPSA) is 83.1 Å². The van der Waals surface area contributed by atoms with Crippen molar-refractivity contribution in [2.75, 3.05) is 44.4 Å². The van der Waals surface area contributed by atoms with Crippen LogP contribution in [-0.4, -0.2) is 62.4 Å². The van der Waals surface area contributed by atoms with Crippen LogP contribution < -0.4 is 20.4 Å². The molecule has 0 radical (unpaired) electrons. The maximum atomic E-state index is 12.3. The summed E-state index contributed by atoms with van der Waals surface area (Å²) < 4.78 is 10.7. The molecular weight excluding hydrogens is 324 g/mol. The molecule has 1 atom stereocenters. The molecule has 0 bridgehead atoms. The number of ether oxygens (including phenoxy) is 2. The minimum Gasteiger partial charge on any atom is -0.494 e. The van der Waals surface area contributed by atoms with Crippen molar-refractivity contribution in [3.8, 4) is 5.75 Å². The first kappa shape index (κ1) is 17.5. The van der Waals surface area contributed by atoms with Gasteiger partial charge in [0, 0.05) is 31.7 Å². The first-order chi connectivity index (χ1) is 12.2. The molecule has 136 valence electrons. The van der Waals surface area contributed by atoms with Gasteiger partial charge in [0.2, 0.25) is 5.91 Å². The van der Waals surface area contributed by atoms with Crippen LogP contribution in [0, 0.1) is 0 Å².